The summed E-state index contributed by atoms with van der Waals surface area (Å²) in [6.07, 6.45) is 3.73. The second-order valence-corrected chi connectivity index (χ2v) is 10.4. The van der Waals surface area contributed by atoms with Gasteiger partial charge in [0.2, 0.25) is 10.0 Å². The summed E-state index contributed by atoms with van der Waals surface area (Å²) in [5, 5.41) is 0. The first-order valence-electron chi connectivity index (χ1n) is 9.26. The summed E-state index contributed by atoms with van der Waals surface area (Å²) < 4.78 is 44.7. The van der Waals surface area contributed by atoms with E-state index in [9.17, 15) is 17.4 Å². The number of methoxy groups -OCH3 is 1. The summed E-state index contributed by atoms with van der Waals surface area (Å²) >= 11 is 0. The molecule has 0 spiro atoms. The number of rotatable bonds is 4. The highest BCUT2D eigenvalue weighted by molar-refractivity contribution is 7.89. The summed E-state index contributed by atoms with van der Waals surface area (Å²) in [5.74, 6) is 0.930. The third-order valence-electron chi connectivity index (χ3n) is 5.06. The molecule has 2 saturated heterocycles. The van der Waals surface area contributed by atoms with Crippen molar-refractivity contribution in [1.29, 1.82) is 0 Å². The van der Waals surface area contributed by atoms with E-state index >= 15 is 0 Å². The maximum absolute atomic E-state index is 13.2. The van der Waals surface area contributed by atoms with Gasteiger partial charge in [0, 0.05) is 54.0 Å². The molecule has 0 bridgehead atoms. The first kappa shape index (κ1) is 20.3. The van der Waals surface area contributed by atoms with E-state index in [0.717, 1.165) is 25.7 Å². The van der Waals surface area contributed by atoms with Crippen molar-refractivity contribution in [1.82, 2.24) is 9.21 Å². The van der Waals surface area contributed by atoms with Crippen LogP contribution in [-0.2, 0) is 20.8 Å². The molecule has 1 aromatic rings. The number of hydrogen-bond acceptors (Lipinski definition) is 5. The highest BCUT2D eigenvalue weighted by atomic mass is 32.2. The fraction of sp³-hybridized carbons (Fsp3) is 0.611. The Morgan fingerprint density at radius 1 is 1.04 bits per heavy atom. The molecule has 0 aromatic heterocycles. The van der Waals surface area contributed by atoms with E-state index < -0.39 is 20.8 Å². The van der Waals surface area contributed by atoms with Gasteiger partial charge in [0.1, 0.15) is 10.6 Å². The predicted molar refractivity (Wildman–Crippen MR) is 104 cm³/mol. The van der Waals surface area contributed by atoms with Crippen LogP contribution in [0.15, 0.2) is 23.1 Å². The molecule has 0 aliphatic carbocycles. The van der Waals surface area contributed by atoms with Crippen LogP contribution in [0.2, 0.25) is 0 Å². The number of amides is 1. The molecule has 150 valence electrons. The Labute approximate surface area is 163 Å². The SMILES string of the molecule is COc1ccc(C(=O)N2CCS(=O)CC2)cc1S(=O)(=O)N1CCCCCC1. The summed E-state index contributed by atoms with van der Waals surface area (Å²) in [4.78, 5) is 14.5. The van der Waals surface area contributed by atoms with Crippen LogP contribution in [0.3, 0.4) is 0 Å². The van der Waals surface area contributed by atoms with E-state index in [4.69, 9.17) is 4.74 Å². The molecule has 9 heteroatoms. The van der Waals surface area contributed by atoms with Gasteiger partial charge < -0.3 is 9.64 Å². The Kier molecular flexibility index (Phi) is 6.54. The molecule has 0 atom stereocenters. The summed E-state index contributed by atoms with van der Waals surface area (Å²) in [6.45, 7) is 1.82. The van der Waals surface area contributed by atoms with Gasteiger partial charge in [-0.05, 0) is 31.0 Å². The molecule has 0 N–H and O–H groups in total. The molecule has 2 aliphatic rings. The van der Waals surface area contributed by atoms with Crippen LogP contribution in [0.5, 0.6) is 5.75 Å². The lowest BCUT2D eigenvalue weighted by Gasteiger charge is -2.27. The molecule has 1 aromatic carbocycles. The van der Waals surface area contributed by atoms with Crippen LogP contribution in [0.25, 0.3) is 0 Å². The van der Waals surface area contributed by atoms with Crippen molar-refractivity contribution >= 4 is 26.7 Å². The van der Waals surface area contributed by atoms with Crippen molar-refractivity contribution in [3.8, 4) is 5.75 Å². The van der Waals surface area contributed by atoms with Gasteiger partial charge in [0.25, 0.3) is 5.91 Å². The Morgan fingerprint density at radius 2 is 1.67 bits per heavy atom. The number of hydrogen-bond donors (Lipinski definition) is 0. The minimum atomic E-state index is -3.73. The minimum Gasteiger partial charge on any atom is -0.495 e. The second kappa shape index (κ2) is 8.70. The molecule has 0 saturated carbocycles. The Balaban J connectivity index is 1.91. The van der Waals surface area contributed by atoms with Gasteiger partial charge >= 0.3 is 0 Å². The quantitative estimate of drug-likeness (QED) is 0.745. The van der Waals surface area contributed by atoms with Gasteiger partial charge in [-0.3, -0.25) is 9.00 Å². The van der Waals surface area contributed by atoms with E-state index in [0.29, 0.717) is 43.2 Å². The molecule has 0 radical (unpaired) electrons. The van der Waals surface area contributed by atoms with Crippen LogP contribution >= 0.6 is 0 Å². The highest BCUT2D eigenvalue weighted by Crippen LogP contribution is 2.30. The number of ether oxygens (including phenoxy) is 1. The number of carbonyl (C=O) groups excluding carboxylic acids is 1. The van der Waals surface area contributed by atoms with E-state index in [-0.39, 0.29) is 16.6 Å². The van der Waals surface area contributed by atoms with Gasteiger partial charge in [0.05, 0.1) is 7.11 Å². The van der Waals surface area contributed by atoms with Gasteiger partial charge in [-0.25, -0.2) is 8.42 Å². The first-order chi connectivity index (χ1) is 12.9. The Bertz CT molecular complexity index is 807. The number of sulfonamides is 1. The zero-order valence-corrected chi connectivity index (χ0v) is 17.2. The monoisotopic (exact) mass is 414 g/mol. The van der Waals surface area contributed by atoms with Gasteiger partial charge in [-0.15, -0.1) is 0 Å². The number of carbonyl (C=O) groups is 1. The number of nitrogens with zero attached hydrogens (tertiary/aromatic N) is 2. The van der Waals surface area contributed by atoms with Crippen molar-refractivity contribution in [3.63, 3.8) is 0 Å². The average Bonchev–Trinajstić information content (AvgIpc) is 2.97. The molecule has 2 heterocycles. The van der Waals surface area contributed by atoms with Crippen molar-refractivity contribution in [2.75, 3.05) is 44.8 Å². The van der Waals surface area contributed by atoms with E-state index in [2.05, 4.69) is 0 Å². The lowest BCUT2D eigenvalue weighted by Crippen LogP contribution is -2.41. The van der Waals surface area contributed by atoms with E-state index in [1.54, 1.807) is 17.0 Å². The molecule has 1 amide bonds. The van der Waals surface area contributed by atoms with Crippen LogP contribution in [0.4, 0.5) is 0 Å². The average molecular weight is 415 g/mol. The van der Waals surface area contributed by atoms with Gasteiger partial charge in [-0.1, -0.05) is 12.8 Å². The van der Waals surface area contributed by atoms with Gasteiger partial charge in [0.15, 0.2) is 0 Å². The molecular weight excluding hydrogens is 388 g/mol. The molecule has 0 unspecified atom stereocenters. The maximum atomic E-state index is 13.2. The fourth-order valence-corrected chi connectivity index (χ4v) is 6.21. The lowest BCUT2D eigenvalue weighted by molar-refractivity contribution is 0.0771. The summed E-state index contributed by atoms with van der Waals surface area (Å²) in [5.41, 5.74) is 0.317. The second-order valence-electron chi connectivity index (χ2n) is 6.82. The van der Waals surface area contributed by atoms with Crippen LogP contribution in [0, 0.1) is 0 Å². The van der Waals surface area contributed by atoms with E-state index in [1.165, 1.54) is 17.5 Å². The first-order valence-corrected chi connectivity index (χ1v) is 12.2. The normalized spacial score (nSPS) is 20.3. The Morgan fingerprint density at radius 3 is 2.26 bits per heavy atom. The van der Waals surface area contributed by atoms with E-state index in [1.807, 2.05) is 0 Å². The predicted octanol–water partition coefficient (Wildman–Crippen LogP) is 1.46. The molecule has 7 nitrogen and oxygen atoms in total. The topological polar surface area (TPSA) is 84.0 Å². The minimum absolute atomic E-state index is 0.0401. The standard InChI is InChI=1S/C18H26N2O5S2/c1-25-16-7-6-15(18(21)19-10-12-26(22)13-11-19)14-17(16)27(23,24)20-8-4-2-3-5-9-20/h6-7,14H,2-5,8-13H2,1H3. The van der Waals surface area contributed by atoms with Crippen LogP contribution in [-0.4, -0.2) is 72.5 Å². The van der Waals surface area contributed by atoms with Crippen molar-refractivity contribution < 1.29 is 22.2 Å². The zero-order chi connectivity index (χ0) is 19.4. The summed E-state index contributed by atoms with van der Waals surface area (Å²) in [7, 11) is -3.18. The molecule has 27 heavy (non-hydrogen) atoms. The lowest BCUT2D eigenvalue weighted by atomic mass is 10.2. The Hall–Kier alpha value is -1.45. The fourth-order valence-electron chi connectivity index (χ4n) is 3.46. The smallest absolute Gasteiger partial charge is 0.253 e. The van der Waals surface area contributed by atoms with Crippen molar-refractivity contribution in [3.05, 3.63) is 23.8 Å². The number of benzene rings is 1. The molecular formula is C18H26N2O5S2. The van der Waals surface area contributed by atoms with Crippen molar-refractivity contribution in [2.45, 2.75) is 30.6 Å². The summed E-state index contributed by atoms with van der Waals surface area (Å²) in [6, 6.07) is 4.56. The third kappa shape index (κ3) is 4.52. The third-order valence-corrected chi connectivity index (χ3v) is 8.25. The highest BCUT2D eigenvalue weighted by Gasteiger charge is 2.30. The van der Waals surface area contributed by atoms with Crippen LogP contribution < -0.4 is 4.74 Å². The molecule has 2 fully saturated rings. The molecule has 3 rings (SSSR count). The zero-order valence-electron chi connectivity index (χ0n) is 15.6. The van der Waals surface area contributed by atoms with Crippen LogP contribution in [0.1, 0.15) is 36.0 Å². The van der Waals surface area contributed by atoms with Gasteiger partial charge in [-0.2, -0.15) is 4.31 Å². The largest absolute Gasteiger partial charge is 0.495 e. The van der Waals surface area contributed by atoms with Crippen molar-refractivity contribution in [2.24, 2.45) is 0 Å². The maximum Gasteiger partial charge on any atom is 0.253 e. The molecule has 2 aliphatic heterocycles.